The van der Waals surface area contributed by atoms with Gasteiger partial charge >= 0.3 is 6.18 Å². The molecule has 1 aromatic heterocycles. The minimum Gasteiger partial charge on any atom is -0.256 e. The Morgan fingerprint density at radius 3 is 2.53 bits per heavy atom. The van der Waals surface area contributed by atoms with Crippen LogP contribution in [0.15, 0.2) is 30.5 Å². The van der Waals surface area contributed by atoms with Crippen molar-refractivity contribution in [2.24, 2.45) is 0 Å². The van der Waals surface area contributed by atoms with Gasteiger partial charge in [-0.3, -0.25) is 4.98 Å². The Morgan fingerprint density at radius 2 is 1.87 bits per heavy atom. The van der Waals surface area contributed by atoms with E-state index < -0.39 is 11.7 Å². The van der Waals surface area contributed by atoms with E-state index in [-0.39, 0.29) is 5.52 Å². The summed E-state index contributed by atoms with van der Waals surface area (Å²) in [6.07, 6.45) is -2.96. The second kappa shape index (κ2) is 3.62. The molecular weight excluding hydrogens is 318 g/mol. The Labute approximate surface area is 97.5 Å². The van der Waals surface area contributed by atoms with Gasteiger partial charge in [0.15, 0.2) is 0 Å². The van der Waals surface area contributed by atoms with Crippen molar-refractivity contribution in [3.63, 3.8) is 0 Å². The van der Waals surface area contributed by atoms with Gasteiger partial charge < -0.3 is 0 Å². The van der Waals surface area contributed by atoms with Gasteiger partial charge in [0.2, 0.25) is 0 Å². The molecular formula is C10H5F3IN. The molecule has 0 fully saturated rings. The van der Waals surface area contributed by atoms with Crippen molar-refractivity contribution >= 4 is 33.5 Å². The molecule has 0 aliphatic rings. The monoisotopic (exact) mass is 323 g/mol. The van der Waals surface area contributed by atoms with E-state index in [1.165, 1.54) is 12.3 Å². The van der Waals surface area contributed by atoms with Crippen molar-refractivity contribution in [1.82, 2.24) is 4.98 Å². The van der Waals surface area contributed by atoms with Crippen molar-refractivity contribution in [1.29, 1.82) is 0 Å². The molecule has 1 heterocycles. The number of hydrogen-bond acceptors (Lipinski definition) is 1. The summed E-state index contributed by atoms with van der Waals surface area (Å²) in [5, 5.41) is 0.535. The van der Waals surface area contributed by atoms with Crippen molar-refractivity contribution in [2.45, 2.75) is 6.18 Å². The van der Waals surface area contributed by atoms with E-state index in [4.69, 9.17) is 0 Å². The maximum atomic E-state index is 12.6. The molecule has 1 aromatic carbocycles. The maximum absolute atomic E-state index is 12.6. The smallest absolute Gasteiger partial charge is 0.256 e. The van der Waals surface area contributed by atoms with Crippen LogP contribution in [0.2, 0.25) is 0 Å². The summed E-state index contributed by atoms with van der Waals surface area (Å²) >= 11 is 2.00. The van der Waals surface area contributed by atoms with Crippen LogP contribution in [0.25, 0.3) is 10.9 Å². The second-order valence-corrected chi connectivity index (χ2v) is 4.15. The lowest BCUT2D eigenvalue weighted by atomic mass is 10.1. The van der Waals surface area contributed by atoms with Crippen LogP contribution in [0, 0.1) is 3.57 Å². The molecule has 0 spiro atoms. The highest BCUT2D eigenvalue weighted by atomic mass is 127. The van der Waals surface area contributed by atoms with Crippen LogP contribution in [0.4, 0.5) is 13.2 Å². The summed E-state index contributed by atoms with van der Waals surface area (Å²) in [7, 11) is 0. The Hall–Kier alpha value is -0.850. The van der Waals surface area contributed by atoms with E-state index in [0.29, 0.717) is 5.39 Å². The lowest BCUT2D eigenvalue weighted by Gasteiger charge is -2.09. The van der Waals surface area contributed by atoms with E-state index in [2.05, 4.69) is 4.98 Å². The largest absolute Gasteiger partial charge is 0.418 e. The predicted octanol–water partition coefficient (Wildman–Crippen LogP) is 3.86. The van der Waals surface area contributed by atoms with Crippen LogP contribution in [0.5, 0.6) is 0 Å². The fourth-order valence-corrected chi connectivity index (χ4v) is 1.97. The molecule has 78 valence electrons. The topological polar surface area (TPSA) is 12.9 Å². The third-order valence-corrected chi connectivity index (χ3v) is 2.96. The number of rotatable bonds is 0. The summed E-state index contributed by atoms with van der Waals surface area (Å²) in [6.45, 7) is 0. The first-order valence-corrected chi connectivity index (χ1v) is 5.18. The number of benzene rings is 1. The Bertz CT molecular complexity index is 507. The van der Waals surface area contributed by atoms with Crippen LogP contribution in [0.3, 0.4) is 0 Å². The molecule has 2 rings (SSSR count). The van der Waals surface area contributed by atoms with Gasteiger partial charge in [-0.15, -0.1) is 0 Å². The van der Waals surface area contributed by atoms with Crippen LogP contribution >= 0.6 is 22.6 Å². The summed E-state index contributed by atoms with van der Waals surface area (Å²) in [4.78, 5) is 3.78. The van der Waals surface area contributed by atoms with Crippen LogP contribution in [-0.2, 0) is 6.18 Å². The molecule has 1 nitrogen and oxygen atoms in total. The third-order valence-electron chi connectivity index (χ3n) is 2.02. The minimum absolute atomic E-state index is 0.0110. The van der Waals surface area contributed by atoms with Crippen molar-refractivity contribution in [3.8, 4) is 0 Å². The van der Waals surface area contributed by atoms with Crippen LogP contribution in [0.1, 0.15) is 5.56 Å². The Morgan fingerprint density at radius 1 is 1.13 bits per heavy atom. The molecule has 0 radical (unpaired) electrons. The Balaban J connectivity index is 2.83. The maximum Gasteiger partial charge on any atom is 0.418 e. The van der Waals surface area contributed by atoms with Gasteiger partial charge in [0.05, 0.1) is 11.1 Å². The van der Waals surface area contributed by atoms with Gasteiger partial charge in [-0.2, -0.15) is 13.2 Å². The van der Waals surface area contributed by atoms with Crippen molar-refractivity contribution < 1.29 is 13.2 Å². The number of aromatic nitrogens is 1. The molecule has 0 saturated heterocycles. The number of nitrogens with zero attached hydrogens (tertiary/aromatic N) is 1. The quantitative estimate of drug-likeness (QED) is 0.671. The van der Waals surface area contributed by atoms with Gasteiger partial charge in [0.1, 0.15) is 0 Å². The number of para-hydroxylation sites is 1. The van der Waals surface area contributed by atoms with Gasteiger partial charge in [0.25, 0.3) is 0 Å². The zero-order chi connectivity index (χ0) is 11.1. The average Bonchev–Trinajstić information content (AvgIpc) is 2.16. The fraction of sp³-hybridized carbons (Fsp3) is 0.100. The first kappa shape index (κ1) is 10.7. The SMILES string of the molecule is FC(F)(F)c1cccc2c(I)ccnc12. The van der Waals surface area contributed by atoms with Crippen LogP contribution < -0.4 is 0 Å². The summed E-state index contributed by atoms with van der Waals surface area (Å²) in [6, 6.07) is 5.77. The molecule has 2 aromatic rings. The summed E-state index contributed by atoms with van der Waals surface area (Å²) < 4.78 is 38.6. The number of halogens is 4. The first-order chi connectivity index (χ1) is 7.00. The Kier molecular flexibility index (Phi) is 2.57. The van der Waals surface area contributed by atoms with Crippen molar-refractivity contribution in [2.75, 3.05) is 0 Å². The zero-order valence-corrected chi connectivity index (χ0v) is 9.50. The van der Waals surface area contributed by atoms with E-state index in [1.54, 1.807) is 12.1 Å². The molecule has 0 amide bonds. The van der Waals surface area contributed by atoms with Gasteiger partial charge in [-0.25, -0.2) is 0 Å². The first-order valence-electron chi connectivity index (χ1n) is 4.10. The molecule has 15 heavy (non-hydrogen) atoms. The molecule has 0 unspecified atom stereocenters. The molecule has 0 aliphatic heterocycles. The number of pyridine rings is 1. The highest BCUT2D eigenvalue weighted by molar-refractivity contribution is 14.1. The molecule has 0 saturated carbocycles. The minimum atomic E-state index is -4.35. The van der Waals surface area contributed by atoms with Gasteiger partial charge in [0, 0.05) is 15.2 Å². The lowest BCUT2D eigenvalue weighted by Crippen LogP contribution is -2.06. The standard InChI is InChI=1S/C10H5F3IN/c11-10(12,13)7-3-1-2-6-8(14)4-5-15-9(6)7/h1-5H. The second-order valence-electron chi connectivity index (χ2n) is 2.99. The molecule has 0 bridgehead atoms. The van der Waals surface area contributed by atoms with Crippen molar-refractivity contribution in [3.05, 3.63) is 39.6 Å². The zero-order valence-electron chi connectivity index (χ0n) is 7.35. The number of fused-ring (bicyclic) bond motifs is 1. The normalized spacial score (nSPS) is 12.0. The number of alkyl halides is 3. The fourth-order valence-electron chi connectivity index (χ4n) is 1.37. The molecule has 0 N–H and O–H groups in total. The highest BCUT2D eigenvalue weighted by Crippen LogP contribution is 2.34. The van der Waals surface area contributed by atoms with E-state index in [0.717, 1.165) is 9.64 Å². The van der Waals surface area contributed by atoms with Gasteiger partial charge in [-0.05, 0) is 34.7 Å². The molecule has 5 heteroatoms. The predicted molar refractivity (Wildman–Crippen MR) is 59.5 cm³/mol. The van der Waals surface area contributed by atoms with E-state index in [1.807, 2.05) is 22.6 Å². The van der Waals surface area contributed by atoms with Gasteiger partial charge in [-0.1, -0.05) is 12.1 Å². The van der Waals surface area contributed by atoms with Crippen LogP contribution in [-0.4, -0.2) is 4.98 Å². The van der Waals surface area contributed by atoms with E-state index in [9.17, 15) is 13.2 Å². The number of hydrogen-bond donors (Lipinski definition) is 0. The van der Waals surface area contributed by atoms with E-state index >= 15 is 0 Å². The summed E-state index contributed by atoms with van der Waals surface area (Å²) in [5.41, 5.74) is -0.671. The summed E-state index contributed by atoms with van der Waals surface area (Å²) in [5.74, 6) is 0. The average molecular weight is 323 g/mol. The highest BCUT2D eigenvalue weighted by Gasteiger charge is 2.33. The molecule has 0 atom stereocenters. The molecule has 0 aliphatic carbocycles. The third kappa shape index (κ3) is 1.92. The lowest BCUT2D eigenvalue weighted by molar-refractivity contribution is -0.136.